The predicted molar refractivity (Wildman–Crippen MR) is 346 cm³/mol. The minimum atomic E-state index is -3.87. The number of ether oxygens (including phenoxy) is 2. The number of likely N-dealkylation sites (tertiary alicyclic amines) is 2. The van der Waals surface area contributed by atoms with Gasteiger partial charge >= 0.3 is 12.1 Å². The number of nitriles is 2. The van der Waals surface area contributed by atoms with E-state index in [0.29, 0.717) is 149 Å². The number of rotatable bonds is 25. The van der Waals surface area contributed by atoms with E-state index in [-0.39, 0.29) is 70.7 Å². The summed E-state index contributed by atoms with van der Waals surface area (Å²) in [5.74, 6) is 0.876. The topological polar surface area (TPSA) is 312 Å². The van der Waals surface area contributed by atoms with Crippen LogP contribution in [0.1, 0.15) is 110 Å². The molecule has 8 N–H and O–H groups in total. The number of unbranched alkanes of at least 4 members (excludes halogenated alkanes) is 1. The number of hydrogen-bond acceptors (Lipinski definition) is 16. The molecule has 4 aromatic carbocycles. The van der Waals surface area contributed by atoms with Gasteiger partial charge in [-0.15, -0.1) is 0 Å². The van der Waals surface area contributed by atoms with Crippen LogP contribution in [-0.2, 0) is 42.5 Å². The van der Waals surface area contributed by atoms with Gasteiger partial charge in [0.15, 0.2) is 0 Å². The Bertz CT molecular complexity index is 3340. The van der Waals surface area contributed by atoms with Gasteiger partial charge in [0.05, 0.1) is 45.1 Å². The smallest absolute Gasteiger partial charge is 0.314 e. The summed E-state index contributed by atoms with van der Waals surface area (Å²) < 4.78 is 72.8. The lowest BCUT2D eigenvalue weighted by molar-refractivity contribution is -0.133. The number of sulfonamides is 2. The van der Waals surface area contributed by atoms with Crippen molar-refractivity contribution in [2.45, 2.75) is 123 Å². The lowest BCUT2D eigenvalue weighted by Crippen LogP contribution is -2.50. The Morgan fingerprint density at radius 1 is 0.511 bits per heavy atom. The Morgan fingerprint density at radius 3 is 1.21 bits per heavy atom. The largest absolute Gasteiger partial charge is 0.484 e. The number of carbonyl (C=O) groups excluding carboxylic acids is 4. The van der Waals surface area contributed by atoms with Crippen LogP contribution in [0.5, 0.6) is 11.5 Å². The monoisotopic (exact) mass is 1340 g/mol. The molecule has 28 heteroatoms. The Labute approximate surface area is 548 Å². The lowest BCUT2D eigenvalue weighted by atomic mass is 10.0. The Hall–Kier alpha value is -6.82. The molecule has 4 fully saturated rings. The molecular formula is C64H82Cl2N14O10S2. The highest BCUT2D eigenvalue weighted by molar-refractivity contribution is 7.89. The van der Waals surface area contributed by atoms with Crippen LogP contribution in [-0.4, -0.2) is 189 Å². The Kier molecular flexibility index (Phi) is 23.6. The van der Waals surface area contributed by atoms with Gasteiger partial charge in [0.1, 0.15) is 23.7 Å². The predicted octanol–water partition coefficient (Wildman–Crippen LogP) is 4.81. The van der Waals surface area contributed by atoms with Gasteiger partial charge in [-0.1, -0.05) is 23.2 Å². The number of urea groups is 2. The summed E-state index contributed by atoms with van der Waals surface area (Å²) in [6.07, 6.45) is 4.88. The molecule has 4 aliphatic heterocycles. The summed E-state index contributed by atoms with van der Waals surface area (Å²) in [7, 11) is -7.74. The van der Waals surface area contributed by atoms with E-state index < -0.39 is 32.3 Å². The van der Waals surface area contributed by atoms with Crippen molar-refractivity contribution in [2.75, 3.05) is 105 Å². The van der Waals surface area contributed by atoms with Crippen molar-refractivity contribution in [3.63, 3.8) is 0 Å². The summed E-state index contributed by atoms with van der Waals surface area (Å²) in [4.78, 5) is 59.2. The number of hydrogen-bond donors (Lipinski definition) is 8. The molecule has 494 valence electrons. The fourth-order valence-corrected chi connectivity index (χ4v) is 16.3. The standard InChI is InChI=1S/C64H82Cl2N14O10S2/c65-45-35-43(41-67)53-39-57(77-31-23-69-24-32-77)61(55(53)37-45)89-49-7-11-51(12-8-49)91(85,86)75-47-15-27-79(28-16-47)59(81)5-3-21-73-63(83)71-19-1-2-20-72-64(84)74-22-4-6-60(82)80-29-17-48(18-30-80)76-92(87,88)52-13-9-50(10-14-52)90-62-56-38-46(66)36-44(42-68)54(56)40-58(62)78-33-25-70-26-34-78/h7-14,35-38,47-48,57-58,61-62,69-70,75-76H,1-6,15-34,39-40H2,(H2,71,73,83)(H2,72,74,84)/t57-,58-,61-,62-/m0/s1. The second kappa shape index (κ2) is 31.9. The first kappa shape index (κ1) is 68.1. The van der Waals surface area contributed by atoms with E-state index in [2.05, 4.69) is 63.3 Å². The zero-order valence-electron chi connectivity index (χ0n) is 51.5. The summed E-state index contributed by atoms with van der Waals surface area (Å²) in [5.41, 5.74) is 4.66. The molecule has 0 aromatic heterocycles. The molecule has 2 aliphatic carbocycles. The van der Waals surface area contributed by atoms with Gasteiger partial charge in [0, 0.05) is 140 Å². The van der Waals surface area contributed by atoms with Gasteiger partial charge in [-0.05, 0) is 159 Å². The molecule has 92 heavy (non-hydrogen) atoms. The van der Waals surface area contributed by atoms with Crippen molar-refractivity contribution >= 4 is 67.1 Å². The quantitative estimate of drug-likeness (QED) is 0.0413. The van der Waals surface area contributed by atoms with E-state index in [1.807, 2.05) is 12.1 Å². The van der Waals surface area contributed by atoms with Crippen molar-refractivity contribution in [2.24, 2.45) is 0 Å². The van der Waals surface area contributed by atoms with Gasteiger partial charge in [-0.2, -0.15) is 10.5 Å². The minimum absolute atomic E-state index is 0.0145. The molecule has 0 saturated carbocycles. The summed E-state index contributed by atoms with van der Waals surface area (Å²) in [5, 5.41) is 38.5. The zero-order valence-corrected chi connectivity index (χ0v) is 54.7. The Balaban J connectivity index is 0.537. The minimum Gasteiger partial charge on any atom is -0.484 e. The lowest BCUT2D eigenvalue weighted by Gasteiger charge is -2.36. The summed E-state index contributed by atoms with van der Waals surface area (Å²) >= 11 is 12.9. The second-order valence-electron chi connectivity index (χ2n) is 24.2. The van der Waals surface area contributed by atoms with E-state index in [1.54, 1.807) is 46.2 Å². The van der Waals surface area contributed by atoms with Crippen LogP contribution in [0.4, 0.5) is 9.59 Å². The first-order valence-corrected chi connectivity index (χ1v) is 35.7. The molecule has 4 saturated heterocycles. The molecule has 6 aliphatic rings. The molecule has 4 aromatic rings. The van der Waals surface area contributed by atoms with E-state index >= 15 is 0 Å². The van der Waals surface area contributed by atoms with Crippen LogP contribution in [0.2, 0.25) is 10.0 Å². The van der Waals surface area contributed by atoms with Crippen LogP contribution < -0.4 is 50.8 Å². The van der Waals surface area contributed by atoms with Gasteiger partial charge in [-0.25, -0.2) is 35.9 Å². The third-order valence-corrected chi connectivity index (χ3v) is 21.6. The number of nitrogens with one attached hydrogen (secondary N) is 8. The fraction of sp³-hybridized carbons (Fsp3) is 0.531. The molecular weight excluding hydrogens is 1260 g/mol. The van der Waals surface area contributed by atoms with Gasteiger partial charge < -0.3 is 51.2 Å². The second-order valence-corrected chi connectivity index (χ2v) is 28.5. The number of benzene rings is 4. The third-order valence-electron chi connectivity index (χ3n) is 18.1. The normalized spacial score (nSPS) is 20.7. The fourth-order valence-electron chi connectivity index (χ4n) is 13.2. The van der Waals surface area contributed by atoms with E-state index in [0.717, 1.165) is 74.6 Å². The number of piperidine rings is 2. The van der Waals surface area contributed by atoms with Crippen molar-refractivity contribution < 1.29 is 45.5 Å². The molecule has 10 rings (SSSR count). The SMILES string of the molecule is N#Cc1cc(Cl)cc2c1C[C@H](N1CCNCC1)[C@H]2Oc1ccc(S(=O)(=O)NC2CCN(C(=O)CCCNC(=O)NCCCCNC(=O)NCCCC(=O)N3CCC(NS(=O)(=O)c4ccc(O[C@H]5c6cc(Cl)cc(C#N)c6C[C@@H]5N5CCNCC5)cc4)CC3)CC2)cc1. The van der Waals surface area contributed by atoms with E-state index in [4.69, 9.17) is 32.7 Å². The van der Waals surface area contributed by atoms with Crippen LogP contribution in [0.3, 0.4) is 0 Å². The molecule has 4 heterocycles. The highest BCUT2D eigenvalue weighted by atomic mass is 35.5. The van der Waals surface area contributed by atoms with Crippen molar-refractivity contribution in [3.8, 4) is 23.6 Å². The molecule has 4 atom stereocenters. The highest BCUT2D eigenvalue weighted by Crippen LogP contribution is 2.43. The maximum atomic E-state index is 13.5. The number of piperazine rings is 2. The molecule has 0 spiro atoms. The first-order chi connectivity index (χ1) is 44.4. The van der Waals surface area contributed by atoms with E-state index in [1.165, 1.54) is 24.3 Å². The summed E-state index contributed by atoms with van der Waals surface area (Å²) in [6.45, 7) is 9.68. The third kappa shape index (κ3) is 17.7. The average molecular weight is 1340 g/mol. The zero-order chi connectivity index (χ0) is 64.8. The van der Waals surface area contributed by atoms with Crippen molar-refractivity contribution in [3.05, 3.63) is 116 Å². The van der Waals surface area contributed by atoms with Crippen LogP contribution in [0.25, 0.3) is 0 Å². The van der Waals surface area contributed by atoms with Crippen LogP contribution in [0.15, 0.2) is 82.6 Å². The number of carbonyl (C=O) groups is 4. The maximum absolute atomic E-state index is 13.5. The van der Waals surface area contributed by atoms with Crippen LogP contribution >= 0.6 is 23.2 Å². The average Bonchev–Trinajstić information content (AvgIpc) is 1.63. The Morgan fingerprint density at radius 2 is 0.859 bits per heavy atom. The van der Waals surface area contributed by atoms with E-state index in [9.17, 15) is 46.5 Å². The number of halogens is 2. The maximum Gasteiger partial charge on any atom is 0.314 e. The van der Waals surface area contributed by atoms with Gasteiger partial charge in [0.25, 0.3) is 0 Å². The molecule has 24 nitrogen and oxygen atoms in total. The molecule has 0 unspecified atom stereocenters. The first-order valence-electron chi connectivity index (χ1n) is 32.0. The van der Waals surface area contributed by atoms with Crippen LogP contribution in [0, 0.1) is 22.7 Å². The number of nitrogens with zero attached hydrogens (tertiary/aromatic N) is 6. The highest BCUT2D eigenvalue weighted by Gasteiger charge is 2.42. The number of fused-ring (bicyclic) bond motifs is 2. The summed E-state index contributed by atoms with van der Waals surface area (Å²) in [6, 6.07) is 22.9. The van der Waals surface area contributed by atoms with Crippen molar-refractivity contribution in [1.82, 2.24) is 60.9 Å². The molecule has 0 bridgehead atoms. The van der Waals surface area contributed by atoms with Gasteiger partial charge in [0.2, 0.25) is 31.9 Å². The molecule has 6 amide bonds. The van der Waals surface area contributed by atoms with Crippen molar-refractivity contribution in [1.29, 1.82) is 10.5 Å². The number of amides is 6. The molecule has 0 radical (unpaired) electrons. The van der Waals surface area contributed by atoms with Gasteiger partial charge in [-0.3, -0.25) is 19.4 Å².